The van der Waals surface area contributed by atoms with Crippen molar-refractivity contribution in [1.29, 1.82) is 0 Å². The molecule has 0 unspecified atom stereocenters. The molecule has 0 aliphatic heterocycles. The summed E-state index contributed by atoms with van der Waals surface area (Å²) >= 11 is 0. The van der Waals surface area contributed by atoms with E-state index in [1.807, 2.05) is 0 Å². The van der Waals surface area contributed by atoms with E-state index in [0.29, 0.717) is 0 Å². The van der Waals surface area contributed by atoms with Gasteiger partial charge in [0.15, 0.2) is 0 Å². The van der Waals surface area contributed by atoms with Crippen molar-refractivity contribution >= 4 is 5.97 Å². The van der Waals surface area contributed by atoms with Gasteiger partial charge < -0.3 is 4.74 Å². The van der Waals surface area contributed by atoms with Crippen LogP contribution >= 0.6 is 0 Å². The maximum absolute atomic E-state index is 12.2. The maximum Gasteiger partial charge on any atom is 0.390 e. The summed E-state index contributed by atoms with van der Waals surface area (Å²) in [6, 6.07) is 0.0939. The van der Waals surface area contributed by atoms with E-state index in [0.717, 1.165) is 25.7 Å². The number of hydrogen-bond donors (Lipinski definition) is 0. The standard InChI is InChI=1S/C11H18F3NO2/c1-17-10(16)8-15(7-6-11(12,13)14)9-4-2-3-5-9/h9H,2-8H2,1H3. The van der Waals surface area contributed by atoms with Crippen LogP contribution in [0.1, 0.15) is 32.1 Å². The van der Waals surface area contributed by atoms with Crippen LogP contribution in [0.15, 0.2) is 0 Å². The highest BCUT2D eigenvalue weighted by molar-refractivity contribution is 5.71. The summed E-state index contributed by atoms with van der Waals surface area (Å²) in [5.74, 6) is -0.473. The van der Waals surface area contributed by atoms with Gasteiger partial charge in [0.05, 0.1) is 20.1 Å². The number of alkyl halides is 3. The highest BCUT2D eigenvalue weighted by atomic mass is 19.4. The van der Waals surface area contributed by atoms with Crippen LogP contribution in [-0.2, 0) is 9.53 Å². The van der Waals surface area contributed by atoms with Crippen molar-refractivity contribution < 1.29 is 22.7 Å². The molecule has 1 fully saturated rings. The number of rotatable bonds is 5. The molecule has 0 radical (unpaired) electrons. The summed E-state index contributed by atoms with van der Waals surface area (Å²) in [6.45, 7) is -0.166. The van der Waals surface area contributed by atoms with Crippen LogP contribution in [0, 0.1) is 0 Å². The second-order valence-electron chi connectivity index (χ2n) is 4.35. The molecule has 0 bridgehead atoms. The third-order valence-corrected chi connectivity index (χ3v) is 3.08. The third kappa shape index (κ3) is 5.39. The molecule has 3 nitrogen and oxygen atoms in total. The number of methoxy groups -OCH3 is 1. The summed E-state index contributed by atoms with van der Waals surface area (Å²) in [5.41, 5.74) is 0. The first-order valence-electron chi connectivity index (χ1n) is 5.80. The van der Waals surface area contributed by atoms with E-state index in [4.69, 9.17) is 0 Å². The van der Waals surface area contributed by atoms with Crippen molar-refractivity contribution in [1.82, 2.24) is 4.90 Å². The quantitative estimate of drug-likeness (QED) is 0.704. The molecule has 0 N–H and O–H groups in total. The Morgan fingerprint density at radius 2 is 1.94 bits per heavy atom. The second kappa shape index (κ2) is 6.23. The first kappa shape index (κ1) is 14.3. The minimum absolute atomic E-state index is 0.0444. The van der Waals surface area contributed by atoms with E-state index in [2.05, 4.69) is 4.74 Å². The summed E-state index contributed by atoms with van der Waals surface area (Å²) in [4.78, 5) is 12.8. The van der Waals surface area contributed by atoms with Gasteiger partial charge in [-0.25, -0.2) is 0 Å². The fourth-order valence-corrected chi connectivity index (χ4v) is 2.16. The zero-order chi connectivity index (χ0) is 12.9. The number of halogens is 3. The fourth-order valence-electron chi connectivity index (χ4n) is 2.16. The average molecular weight is 253 g/mol. The van der Waals surface area contributed by atoms with E-state index in [9.17, 15) is 18.0 Å². The van der Waals surface area contributed by atoms with Gasteiger partial charge in [-0.05, 0) is 12.8 Å². The fraction of sp³-hybridized carbons (Fsp3) is 0.909. The number of ether oxygens (including phenoxy) is 1. The molecule has 1 aliphatic rings. The van der Waals surface area contributed by atoms with Crippen molar-refractivity contribution in [3.63, 3.8) is 0 Å². The van der Waals surface area contributed by atoms with Gasteiger partial charge in [-0.2, -0.15) is 13.2 Å². The minimum atomic E-state index is -4.17. The Balaban J connectivity index is 2.49. The third-order valence-electron chi connectivity index (χ3n) is 3.08. The zero-order valence-corrected chi connectivity index (χ0v) is 9.92. The van der Waals surface area contributed by atoms with E-state index >= 15 is 0 Å². The van der Waals surface area contributed by atoms with Crippen molar-refractivity contribution in [2.24, 2.45) is 0 Å². The molecule has 1 rings (SSSR count). The number of esters is 1. The van der Waals surface area contributed by atoms with Gasteiger partial charge in [0.1, 0.15) is 0 Å². The lowest BCUT2D eigenvalue weighted by molar-refractivity contribution is -0.148. The van der Waals surface area contributed by atoms with Crippen LogP contribution < -0.4 is 0 Å². The molecule has 0 amide bonds. The first-order chi connectivity index (χ1) is 7.92. The van der Waals surface area contributed by atoms with Gasteiger partial charge in [-0.1, -0.05) is 12.8 Å². The minimum Gasteiger partial charge on any atom is -0.468 e. The first-order valence-corrected chi connectivity index (χ1v) is 5.80. The Morgan fingerprint density at radius 3 is 2.41 bits per heavy atom. The van der Waals surface area contributed by atoms with Crippen LogP contribution in [0.2, 0.25) is 0 Å². The van der Waals surface area contributed by atoms with Crippen LogP contribution in [-0.4, -0.2) is 43.3 Å². The van der Waals surface area contributed by atoms with Gasteiger partial charge in [-0.3, -0.25) is 9.69 Å². The summed E-state index contributed by atoms with van der Waals surface area (Å²) in [6.07, 6.45) is -1.26. The van der Waals surface area contributed by atoms with Crippen LogP contribution in [0.3, 0.4) is 0 Å². The molecule has 17 heavy (non-hydrogen) atoms. The predicted molar refractivity (Wildman–Crippen MR) is 56.5 cm³/mol. The number of nitrogens with zero attached hydrogens (tertiary/aromatic N) is 1. The van der Waals surface area contributed by atoms with Gasteiger partial charge in [0, 0.05) is 12.6 Å². The van der Waals surface area contributed by atoms with Crippen molar-refractivity contribution in [2.75, 3.05) is 20.2 Å². The average Bonchev–Trinajstić information content (AvgIpc) is 2.75. The highest BCUT2D eigenvalue weighted by Crippen LogP contribution is 2.26. The van der Waals surface area contributed by atoms with Gasteiger partial charge >= 0.3 is 12.1 Å². The smallest absolute Gasteiger partial charge is 0.390 e. The molecule has 0 saturated heterocycles. The summed E-state index contributed by atoms with van der Waals surface area (Å²) in [5, 5.41) is 0. The second-order valence-corrected chi connectivity index (χ2v) is 4.35. The molecule has 0 aromatic heterocycles. The lowest BCUT2D eigenvalue weighted by Crippen LogP contribution is -2.40. The summed E-state index contributed by atoms with van der Waals surface area (Å²) in [7, 11) is 1.25. The Labute approximate surface area is 98.9 Å². The molecule has 0 atom stereocenters. The molecule has 0 heterocycles. The van der Waals surface area contributed by atoms with Gasteiger partial charge in [-0.15, -0.1) is 0 Å². The molecular formula is C11H18F3NO2. The van der Waals surface area contributed by atoms with Gasteiger partial charge in [0.25, 0.3) is 0 Å². The van der Waals surface area contributed by atoms with Gasteiger partial charge in [0.2, 0.25) is 0 Å². The number of carbonyl (C=O) groups excluding carboxylic acids is 1. The molecule has 0 aromatic rings. The lowest BCUT2D eigenvalue weighted by atomic mass is 10.2. The Hall–Kier alpha value is -0.780. The van der Waals surface area contributed by atoms with Crippen molar-refractivity contribution in [3.8, 4) is 0 Å². The van der Waals surface area contributed by atoms with Crippen LogP contribution in [0.25, 0.3) is 0 Å². The zero-order valence-electron chi connectivity index (χ0n) is 9.92. The Morgan fingerprint density at radius 1 is 1.35 bits per heavy atom. The molecule has 1 aliphatic carbocycles. The number of carbonyl (C=O) groups is 1. The van der Waals surface area contributed by atoms with E-state index < -0.39 is 18.6 Å². The Kier molecular flexibility index (Phi) is 5.24. The lowest BCUT2D eigenvalue weighted by Gasteiger charge is -2.27. The largest absolute Gasteiger partial charge is 0.468 e. The highest BCUT2D eigenvalue weighted by Gasteiger charge is 2.31. The summed E-state index contributed by atoms with van der Waals surface area (Å²) < 4.78 is 41.0. The molecule has 6 heteroatoms. The van der Waals surface area contributed by atoms with E-state index in [-0.39, 0.29) is 19.1 Å². The predicted octanol–water partition coefficient (Wildman–Crippen LogP) is 2.36. The molecular weight excluding hydrogens is 235 g/mol. The van der Waals surface area contributed by atoms with Crippen LogP contribution in [0.5, 0.6) is 0 Å². The van der Waals surface area contributed by atoms with E-state index in [1.54, 1.807) is 4.90 Å². The molecule has 100 valence electrons. The van der Waals surface area contributed by atoms with Crippen LogP contribution in [0.4, 0.5) is 13.2 Å². The van der Waals surface area contributed by atoms with Crippen molar-refractivity contribution in [2.45, 2.75) is 44.3 Å². The normalized spacial score (nSPS) is 17.7. The Bertz CT molecular complexity index is 250. The molecule has 0 spiro atoms. The molecule has 1 saturated carbocycles. The molecule has 0 aromatic carbocycles. The maximum atomic E-state index is 12.2. The van der Waals surface area contributed by atoms with E-state index in [1.165, 1.54) is 7.11 Å². The SMILES string of the molecule is COC(=O)CN(CCC(F)(F)F)C1CCCC1. The van der Waals surface area contributed by atoms with Crippen molar-refractivity contribution in [3.05, 3.63) is 0 Å². The number of hydrogen-bond acceptors (Lipinski definition) is 3. The monoisotopic (exact) mass is 253 g/mol. The topological polar surface area (TPSA) is 29.5 Å².